The van der Waals surface area contributed by atoms with Gasteiger partial charge in [0.1, 0.15) is 12.4 Å². The Morgan fingerprint density at radius 1 is 1.29 bits per heavy atom. The topological polar surface area (TPSA) is 87.6 Å². The molecule has 0 bridgehead atoms. The van der Waals surface area contributed by atoms with Crippen LogP contribution < -0.4 is 0 Å². The number of aromatic nitrogens is 2. The van der Waals surface area contributed by atoms with Gasteiger partial charge >= 0.3 is 5.97 Å². The molecule has 0 saturated heterocycles. The van der Waals surface area contributed by atoms with Crippen LogP contribution in [0.25, 0.3) is 0 Å². The lowest BCUT2D eigenvalue weighted by Gasteiger charge is -2.20. The van der Waals surface area contributed by atoms with Gasteiger partial charge in [-0.3, -0.25) is 14.9 Å². The van der Waals surface area contributed by atoms with Crippen molar-refractivity contribution in [2.45, 2.75) is 26.4 Å². The van der Waals surface area contributed by atoms with Crippen LogP contribution in [0.5, 0.6) is 0 Å². The maximum atomic E-state index is 10.7. The zero-order valence-electron chi connectivity index (χ0n) is 13.4. The number of rotatable bonds is 6. The van der Waals surface area contributed by atoms with E-state index in [-0.39, 0.29) is 12.3 Å². The molecular formula is C18H19N3O3. The van der Waals surface area contributed by atoms with E-state index in [4.69, 9.17) is 9.84 Å². The molecule has 0 aliphatic carbocycles. The number of nitrogens with zero attached hydrogens (tertiary/aromatic N) is 2. The molecule has 1 aromatic heterocycles. The monoisotopic (exact) mass is 325 g/mol. The molecule has 0 radical (unpaired) electrons. The fourth-order valence-electron chi connectivity index (χ4n) is 2.65. The van der Waals surface area contributed by atoms with E-state index in [1.165, 1.54) is 0 Å². The molecule has 0 saturated carbocycles. The Balaban J connectivity index is 1.60. The predicted molar refractivity (Wildman–Crippen MR) is 89.6 cm³/mol. The van der Waals surface area contributed by atoms with Crippen molar-refractivity contribution >= 4 is 11.7 Å². The highest BCUT2D eigenvalue weighted by Gasteiger charge is 2.20. The van der Waals surface area contributed by atoms with E-state index in [1.54, 1.807) is 12.4 Å². The Hall–Kier alpha value is -2.89. The summed E-state index contributed by atoms with van der Waals surface area (Å²) in [5, 5.41) is 15.7. The smallest absolute Gasteiger partial charge is 0.307 e. The third kappa shape index (κ3) is 3.90. The standard InChI is InChI=1S/C18H19N3O3/c1-12-8-15(10-19-18(12)16-6-7-20-21-16)24-11-14-4-2-13(3-5-14)9-17(22)23/h2-7,10,12H,8-9,11H2,1H3,(H,20,21)(H,22,23). The van der Waals surface area contributed by atoms with Gasteiger partial charge in [-0.2, -0.15) is 5.10 Å². The van der Waals surface area contributed by atoms with Crippen LogP contribution in [0.1, 0.15) is 30.2 Å². The van der Waals surface area contributed by atoms with Crippen molar-refractivity contribution in [3.8, 4) is 0 Å². The van der Waals surface area contributed by atoms with Crippen molar-refractivity contribution in [1.82, 2.24) is 10.2 Å². The SMILES string of the molecule is CC1CC(OCc2ccc(CC(=O)O)cc2)=CN=C1c1ccn[nH]1. The van der Waals surface area contributed by atoms with Crippen LogP contribution >= 0.6 is 0 Å². The molecule has 2 N–H and O–H groups in total. The largest absolute Gasteiger partial charge is 0.492 e. The average Bonchev–Trinajstić information content (AvgIpc) is 3.08. The molecule has 1 aliphatic rings. The van der Waals surface area contributed by atoms with Crippen LogP contribution in [0.15, 0.2) is 53.5 Å². The number of aliphatic carboxylic acids is 1. The van der Waals surface area contributed by atoms with Crippen LogP contribution in [0, 0.1) is 5.92 Å². The number of carboxylic acids is 1. The molecule has 1 aromatic carbocycles. The number of aromatic amines is 1. The van der Waals surface area contributed by atoms with Crippen molar-refractivity contribution < 1.29 is 14.6 Å². The highest BCUT2D eigenvalue weighted by Crippen LogP contribution is 2.23. The third-order valence-electron chi connectivity index (χ3n) is 3.90. The summed E-state index contributed by atoms with van der Waals surface area (Å²) in [6.07, 6.45) is 4.30. The van der Waals surface area contributed by atoms with Crippen LogP contribution in [-0.2, 0) is 22.6 Å². The normalized spacial score (nSPS) is 17.1. The van der Waals surface area contributed by atoms with Crippen LogP contribution in [0.3, 0.4) is 0 Å². The van der Waals surface area contributed by atoms with Crippen molar-refractivity contribution in [3.63, 3.8) is 0 Å². The molecular weight excluding hydrogens is 306 g/mol. The van der Waals surface area contributed by atoms with E-state index in [0.717, 1.165) is 34.7 Å². The summed E-state index contributed by atoms with van der Waals surface area (Å²) < 4.78 is 5.84. The molecule has 0 fully saturated rings. The summed E-state index contributed by atoms with van der Waals surface area (Å²) in [4.78, 5) is 15.2. The fourth-order valence-corrected chi connectivity index (χ4v) is 2.65. The van der Waals surface area contributed by atoms with Gasteiger partial charge in [0, 0.05) is 18.5 Å². The van der Waals surface area contributed by atoms with Gasteiger partial charge in [-0.05, 0) is 17.2 Å². The first kappa shape index (κ1) is 16.0. The first-order valence-corrected chi connectivity index (χ1v) is 7.80. The maximum Gasteiger partial charge on any atom is 0.307 e. The third-order valence-corrected chi connectivity index (χ3v) is 3.90. The maximum absolute atomic E-state index is 10.7. The Morgan fingerprint density at radius 2 is 2.04 bits per heavy atom. The number of carbonyl (C=O) groups is 1. The van der Waals surface area contributed by atoms with Crippen LogP contribution in [0.2, 0.25) is 0 Å². The minimum Gasteiger partial charge on any atom is -0.492 e. The van der Waals surface area contributed by atoms with Gasteiger partial charge in [0.25, 0.3) is 0 Å². The summed E-state index contributed by atoms with van der Waals surface area (Å²) in [5.41, 5.74) is 3.70. The van der Waals surface area contributed by atoms with Crippen molar-refractivity contribution in [2.75, 3.05) is 0 Å². The van der Waals surface area contributed by atoms with Crippen LogP contribution in [-0.4, -0.2) is 27.0 Å². The molecule has 2 aromatic rings. The average molecular weight is 325 g/mol. The van der Waals surface area contributed by atoms with Crippen molar-refractivity contribution in [1.29, 1.82) is 0 Å². The van der Waals surface area contributed by atoms with Crippen molar-refractivity contribution in [3.05, 3.63) is 65.3 Å². The Labute approximate surface area is 139 Å². The lowest BCUT2D eigenvalue weighted by Crippen LogP contribution is -2.17. The molecule has 6 nitrogen and oxygen atoms in total. The van der Waals surface area contributed by atoms with E-state index in [0.29, 0.717) is 6.61 Å². The van der Waals surface area contributed by atoms with Gasteiger partial charge in [0.05, 0.1) is 24.0 Å². The number of aliphatic imine (C=N–C) groups is 1. The zero-order chi connectivity index (χ0) is 16.9. The minimum absolute atomic E-state index is 0.0366. The van der Waals surface area contributed by atoms with Crippen LogP contribution in [0.4, 0.5) is 0 Å². The number of allylic oxidation sites excluding steroid dienone is 1. The number of benzene rings is 1. The fraction of sp³-hybridized carbons (Fsp3) is 0.278. The van der Waals surface area contributed by atoms with E-state index in [2.05, 4.69) is 22.1 Å². The Kier molecular flexibility index (Phi) is 4.74. The quantitative estimate of drug-likeness (QED) is 0.855. The van der Waals surface area contributed by atoms with E-state index < -0.39 is 5.97 Å². The van der Waals surface area contributed by atoms with Crippen molar-refractivity contribution in [2.24, 2.45) is 10.9 Å². The van der Waals surface area contributed by atoms with E-state index >= 15 is 0 Å². The van der Waals surface area contributed by atoms with Gasteiger partial charge in [0.15, 0.2) is 0 Å². The molecule has 1 atom stereocenters. The Morgan fingerprint density at radius 3 is 2.67 bits per heavy atom. The summed E-state index contributed by atoms with van der Waals surface area (Å²) in [5.74, 6) is 0.273. The Bertz CT molecular complexity index is 761. The lowest BCUT2D eigenvalue weighted by atomic mass is 9.96. The molecule has 0 amide bonds. The number of hydrogen-bond acceptors (Lipinski definition) is 4. The number of H-pyrrole nitrogens is 1. The predicted octanol–water partition coefficient (Wildman–Crippen LogP) is 2.92. The molecule has 2 heterocycles. The zero-order valence-corrected chi connectivity index (χ0v) is 13.4. The molecule has 0 spiro atoms. The molecule has 124 valence electrons. The first-order valence-electron chi connectivity index (χ1n) is 7.80. The second-order valence-electron chi connectivity index (χ2n) is 5.86. The van der Waals surface area contributed by atoms with Gasteiger partial charge < -0.3 is 9.84 Å². The van der Waals surface area contributed by atoms with Gasteiger partial charge in [0.2, 0.25) is 0 Å². The number of ether oxygens (including phenoxy) is 1. The van der Waals surface area contributed by atoms with E-state index in [1.807, 2.05) is 30.3 Å². The molecule has 24 heavy (non-hydrogen) atoms. The number of hydrogen-bond donors (Lipinski definition) is 2. The first-order chi connectivity index (χ1) is 11.6. The second kappa shape index (κ2) is 7.12. The molecule has 1 unspecified atom stereocenters. The number of carboxylic acid groups (broad SMARTS) is 1. The minimum atomic E-state index is -0.828. The van der Waals surface area contributed by atoms with Gasteiger partial charge in [-0.1, -0.05) is 31.2 Å². The highest BCUT2D eigenvalue weighted by molar-refractivity contribution is 6.01. The summed E-state index contributed by atoms with van der Waals surface area (Å²) in [7, 11) is 0. The summed E-state index contributed by atoms with van der Waals surface area (Å²) in [6.45, 7) is 2.55. The van der Waals surface area contributed by atoms with E-state index in [9.17, 15) is 4.79 Å². The summed E-state index contributed by atoms with van der Waals surface area (Å²) in [6, 6.07) is 9.33. The molecule has 3 rings (SSSR count). The lowest BCUT2D eigenvalue weighted by molar-refractivity contribution is -0.136. The summed E-state index contributed by atoms with van der Waals surface area (Å²) >= 11 is 0. The van der Waals surface area contributed by atoms with Gasteiger partial charge in [-0.15, -0.1) is 0 Å². The van der Waals surface area contributed by atoms with Gasteiger partial charge in [-0.25, -0.2) is 0 Å². The molecule has 1 aliphatic heterocycles. The molecule has 6 heteroatoms. The number of nitrogens with one attached hydrogen (secondary N) is 1. The second-order valence-corrected chi connectivity index (χ2v) is 5.86. The highest BCUT2D eigenvalue weighted by atomic mass is 16.5.